The van der Waals surface area contributed by atoms with Gasteiger partial charge in [0.2, 0.25) is 0 Å². The van der Waals surface area contributed by atoms with Crippen LogP contribution < -0.4 is 4.74 Å². The zero-order valence-electron chi connectivity index (χ0n) is 17.0. The van der Waals surface area contributed by atoms with Gasteiger partial charge in [0.1, 0.15) is 5.75 Å². The molecule has 0 N–H and O–H groups in total. The molecule has 1 saturated heterocycles. The standard InChI is InChI=1S/C23H28N2O4/c1-24(2)22(26)17-29-21-11-7-6-10-20(21)23(27)25-14-12-19(13-15-25)28-16-18-8-4-3-5-9-18/h3-11,19H,12-17H2,1-2H3. The first-order valence-electron chi connectivity index (χ1n) is 9.91. The van der Waals surface area contributed by atoms with Crippen LogP contribution in [0.4, 0.5) is 0 Å². The molecule has 2 aromatic carbocycles. The minimum atomic E-state index is -0.149. The Morgan fingerprint density at radius 3 is 2.34 bits per heavy atom. The van der Waals surface area contributed by atoms with Gasteiger partial charge in [0.05, 0.1) is 18.3 Å². The van der Waals surface area contributed by atoms with Gasteiger partial charge >= 0.3 is 0 Å². The highest BCUT2D eigenvalue weighted by Crippen LogP contribution is 2.23. The highest BCUT2D eigenvalue weighted by Gasteiger charge is 2.26. The summed E-state index contributed by atoms with van der Waals surface area (Å²) in [4.78, 5) is 28.1. The molecule has 1 fully saturated rings. The molecule has 6 heteroatoms. The average Bonchev–Trinajstić information content (AvgIpc) is 2.76. The first-order chi connectivity index (χ1) is 14.0. The van der Waals surface area contributed by atoms with Crippen LogP contribution in [-0.2, 0) is 16.1 Å². The number of hydrogen-bond donors (Lipinski definition) is 0. The van der Waals surface area contributed by atoms with Crippen LogP contribution in [0.3, 0.4) is 0 Å². The predicted molar refractivity (Wildman–Crippen MR) is 111 cm³/mol. The van der Waals surface area contributed by atoms with Crippen molar-refractivity contribution in [2.45, 2.75) is 25.6 Å². The lowest BCUT2D eigenvalue weighted by Crippen LogP contribution is -2.41. The van der Waals surface area contributed by atoms with E-state index in [0.717, 1.165) is 18.4 Å². The molecule has 0 spiro atoms. The molecule has 2 amide bonds. The third-order valence-electron chi connectivity index (χ3n) is 5.03. The molecule has 6 nitrogen and oxygen atoms in total. The van der Waals surface area contributed by atoms with E-state index in [-0.39, 0.29) is 24.5 Å². The zero-order valence-corrected chi connectivity index (χ0v) is 17.0. The number of nitrogens with zero attached hydrogens (tertiary/aromatic N) is 2. The predicted octanol–water partition coefficient (Wildman–Crippen LogP) is 2.98. The first kappa shape index (κ1) is 20.9. The first-order valence-corrected chi connectivity index (χ1v) is 9.91. The van der Waals surface area contributed by atoms with Crippen molar-refractivity contribution in [3.63, 3.8) is 0 Å². The van der Waals surface area contributed by atoms with Crippen molar-refractivity contribution in [2.24, 2.45) is 0 Å². The highest BCUT2D eigenvalue weighted by atomic mass is 16.5. The maximum Gasteiger partial charge on any atom is 0.259 e. The van der Waals surface area contributed by atoms with Gasteiger partial charge in [-0.15, -0.1) is 0 Å². The number of carbonyl (C=O) groups is 2. The summed E-state index contributed by atoms with van der Waals surface area (Å²) in [5.41, 5.74) is 1.65. The number of para-hydroxylation sites is 1. The summed E-state index contributed by atoms with van der Waals surface area (Å²) in [6.45, 7) is 1.79. The van der Waals surface area contributed by atoms with Crippen molar-refractivity contribution >= 4 is 11.8 Å². The van der Waals surface area contributed by atoms with Crippen LogP contribution in [0.5, 0.6) is 5.75 Å². The van der Waals surface area contributed by atoms with Crippen LogP contribution in [0.1, 0.15) is 28.8 Å². The largest absolute Gasteiger partial charge is 0.483 e. The Morgan fingerprint density at radius 2 is 1.66 bits per heavy atom. The Labute approximate surface area is 172 Å². The fraction of sp³-hybridized carbons (Fsp3) is 0.391. The number of ether oxygens (including phenoxy) is 2. The molecule has 0 atom stereocenters. The maximum atomic E-state index is 13.0. The van der Waals surface area contributed by atoms with E-state index in [1.54, 1.807) is 32.3 Å². The number of likely N-dealkylation sites (N-methyl/N-ethyl adjacent to an activating group) is 1. The van der Waals surface area contributed by atoms with Crippen LogP contribution in [0, 0.1) is 0 Å². The quantitative estimate of drug-likeness (QED) is 0.722. The van der Waals surface area contributed by atoms with E-state index in [1.807, 2.05) is 29.2 Å². The molecule has 0 aliphatic carbocycles. The topological polar surface area (TPSA) is 59.1 Å². The van der Waals surface area contributed by atoms with E-state index in [2.05, 4.69) is 12.1 Å². The van der Waals surface area contributed by atoms with Gasteiger partial charge in [0, 0.05) is 27.2 Å². The van der Waals surface area contributed by atoms with Gasteiger partial charge in [-0.05, 0) is 30.5 Å². The van der Waals surface area contributed by atoms with Crippen LogP contribution in [0.15, 0.2) is 54.6 Å². The van der Waals surface area contributed by atoms with Gasteiger partial charge in [-0.25, -0.2) is 0 Å². The summed E-state index contributed by atoms with van der Waals surface area (Å²) in [6, 6.07) is 17.2. The third-order valence-corrected chi connectivity index (χ3v) is 5.03. The van der Waals surface area contributed by atoms with Crippen molar-refractivity contribution in [3.8, 4) is 5.75 Å². The van der Waals surface area contributed by atoms with E-state index >= 15 is 0 Å². The summed E-state index contributed by atoms with van der Waals surface area (Å²) >= 11 is 0. The summed E-state index contributed by atoms with van der Waals surface area (Å²) < 4.78 is 11.6. The molecule has 3 rings (SSSR count). The fourth-order valence-electron chi connectivity index (χ4n) is 3.22. The van der Waals surface area contributed by atoms with Crippen molar-refractivity contribution in [1.29, 1.82) is 0 Å². The Balaban J connectivity index is 1.53. The van der Waals surface area contributed by atoms with Crippen molar-refractivity contribution in [2.75, 3.05) is 33.8 Å². The van der Waals surface area contributed by atoms with Gasteiger partial charge in [-0.2, -0.15) is 0 Å². The maximum absolute atomic E-state index is 13.0. The fourth-order valence-corrected chi connectivity index (χ4v) is 3.22. The van der Waals surface area contributed by atoms with Crippen molar-refractivity contribution in [3.05, 3.63) is 65.7 Å². The number of amides is 2. The SMILES string of the molecule is CN(C)C(=O)COc1ccccc1C(=O)N1CCC(OCc2ccccc2)CC1. The Hall–Kier alpha value is -2.86. The van der Waals surface area contributed by atoms with Gasteiger partial charge in [0.15, 0.2) is 6.61 Å². The number of hydrogen-bond acceptors (Lipinski definition) is 4. The van der Waals surface area contributed by atoms with Gasteiger partial charge in [-0.3, -0.25) is 9.59 Å². The van der Waals surface area contributed by atoms with E-state index in [1.165, 1.54) is 4.90 Å². The van der Waals surface area contributed by atoms with Crippen molar-refractivity contribution in [1.82, 2.24) is 9.80 Å². The van der Waals surface area contributed by atoms with Crippen molar-refractivity contribution < 1.29 is 19.1 Å². The summed E-state index contributed by atoms with van der Waals surface area (Å²) in [7, 11) is 3.35. The molecular formula is C23H28N2O4. The minimum absolute atomic E-state index is 0.0700. The number of piperidine rings is 1. The second-order valence-electron chi connectivity index (χ2n) is 7.36. The van der Waals surface area contributed by atoms with Gasteiger partial charge in [0.25, 0.3) is 11.8 Å². The second-order valence-corrected chi connectivity index (χ2v) is 7.36. The van der Waals surface area contributed by atoms with E-state index < -0.39 is 0 Å². The summed E-state index contributed by atoms with van der Waals surface area (Å²) in [6.07, 6.45) is 1.77. The molecule has 0 bridgehead atoms. The molecular weight excluding hydrogens is 368 g/mol. The summed E-state index contributed by atoms with van der Waals surface area (Å²) in [5.74, 6) is 0.221. The summed E-state index contributed by atoms with van der Waals surface area (Å²) in [5, 5.41) is 0. The third kappa shape index (κ3) is 5.81. The lowest BCUT2D eigenvalue weighted by molar-refractivity contribution is -0.130. The smallest absolute Gasteiger partial charge is 0.259 e. The molecule has 1 heterocycles. The molecule has 1 aliphatic heterocycles. The Bertz CT molecular complexity index is 815. The van der Waals surface area contributed by atoms with E-state index in [4.69, 9.17) is 9.47 Å². The van der Waals surface area contributed by atoms with Gasteiger partial charge in [-0.1, -0.05) is 42.5 Å². The number of likely N-dealkylation sites (tertiary alicyclic amines) is 1. The van der Waals surface area contributed by atoms with E-state index in [9.17, 15) is 9.59 Å². The Morgan fingerprint density at radius 1 is 1.00 bits per heavy atom. The minimum Gasteiger partial charge on any atom is -0.483 e. The van der Waals surface area contributed by atoms with Crippen LogP contribution in [0.2, 0.25) is 0 Å². The molecule has 2 aromatic rings. The Kier molecular flexibility index (Phi) is 7.25. The molecule has 1 aliphatic rings. The molecule has 0 aromatic heterocycles. The number of benzene rings is 2. The highest BCUT2D eigenvalue weighted by molar-refractivity contribution is 5.97. The molecule has 154 valence electrons. The number of rotatable bonds is 7. The lowest BCUT2D eigenvalue weighted by atomic mass is 10.1. The molecule has 29 heavy (non-hydrogen) atoms. The van der Waals surface area contributed by atoms with Crippen LogP contribution >= 0.6 is 0 Å². The number of carbonyl (C=O) groups excluding carboxylic acids is 2. The van der Waals surface area contributed by atoms with E-state index in [0.29, 0.717) is 31.0 Å². The van der Waals surface area contributed by atoms with Crippen LogP contribution in [-0.4, -0.2) is 61.5 Å². The molecule has 0 saturated carbocycles. The van der Waals surface area contributed by atoms with Gasteiger partial charge < -0.3 is 19.3 Å². The monoisotopic (exact) mass is 396 g/mol. The zero-order chi connectivity index (χ0) is 20.6. The second kappa shape index (κ2) is 10.1. The molecule has 0 radical (unpaired) electrons. The average molecular weight is 396 g/mol. The normalized spacial score (nSPS) is 14.5. The lowest BCUT2D eigenvalue weighted by Gasteiger charge is -2.32. The van der Waals surface area contributed by atoms with Crippen LogP contribution in [0.25, 0.3) is 0 Å². The molecule has 0 unspecified atom stereocenters.